The van der Waals surface area contributed by atoms with Crippen LogP contribution in [-0.4, -0.2) is 23.3 Å². The molecule has 2 aromatic heterocycles. The molecule has 0 saturated heterocycles. The normalized spacial score (nSPS) is 10.5. The highest BCUT2D eigenvalue weighted by Crippen LogP contribution is 2.25. The lowest BCUT2D eigenvalue weighted by atomic mass is 10.3. The zero-order valence-electron chi connectivity index (χ0n) is 9.71. The molecule has 0 atom stereocenters. The standard InChI is InChI=1S/C11H13N3OS2/c1-3-9-10(5-15)17-11(13-9)14(2)4-8-6-16-7-12-8/h5-7H,3-4H2,1-2H3. The average Bonchev–Trinajstić information content (AvgIpc) is 2.96. The van der Waals surface area contributed by atoms with Crippen LogP contribution in [0.15, 0.2) is 10.9 Å². The minimum atomic E-state index is 0.721. The number of carbonyl (C=O) groups is 1. The van der Waals surface area contributed by atoms with Gasteiger partial charge in [-0.05, 0) is 6.42 Å². The second-order valence-electron chi connectivity index (χ2n) is 3.61. The zero-order chi connectivity index (χ0) is 12.3. The minimum absolute atomic E-state index is 0.721. The van der Waals surface area contributed by atoms with Crippen molar-refractivity contribution in [3.8, 4) is 0 Å². The smallest absolute Gasteiger partial charge is 0.186 e. The van der Waals surface area contributed by atoms with Gasteiger partial charge in [0.2, 0.25) is 0 Å². The van der Waals surface area contributed by atoms with Crippen molar-refractivity contribution in [2.75, 3.05) is 11.9 Å². The van der Waals surface area contributed by atoms with Crippen molar-refractivity contribution in [1.82, 2.24) is 9.97 Å². The third kappa shape index (κ3) is 2.70. The van der Waals surface area contributed by atoms with Crippen LogP contribution >= 0.6 is 22.7 Å². The van der Waals surface area contributed by atoms with E-state index in [9.17, 15) is 4.79 Å². The van der Waals surface area contributed by atoms with E-state index in [-0.39, 0.29) is 0 Å². The molecule has 0 fully saturated rings. The van der Waals surface area contributed by atoms with Crippen molar-refractivity contribution in [3.63, 3.8) is 0 Å². The van der Waals surface area contributed by atoms with Gasteiger partial charge in [-0.25, -0.2) is 9.97 Å². The van der Waals surface area contributed by atoms with Gasteiger partial charge in [0.05, 0.1) is 28.3 Å². The van der Waals surface area contributed by atoms with Crippen molar-refractivity contribution in [2.45, 2.75) is 19.9 Å². The maximum absolute atomic E-state index is 10.9. The molecule has 0 amide bonds. The summed E-state index contributed by atoms with van der Waals surface area (Å²) in [4.78, 5) is 22.3. The molecular weight excluding hydrogens is 254 g/mol. The molecule has 2 rings (SSSR count). The molecule has 0 N–H and O–H groups in total. The third-order valence-corrected chi connectivity index (χ3v) is 4.14. The molecule has 0 unspecified atom stereocenters. The highest BCUT2D eigenvalue weighted by molar-refractivity contribution is 7.17. The summed E-state index contributed by atoms with van der Waals surface area (Å²) in [6.07, 6.45) is 1.67. The Kier molecular flexibility index (Phi) is 3.86. The van der Waals surface area contributed by atoms with E-state index in [2.05, 4.69) is 9.97 Å². The van der Waals surface area contributed by atoms with Gasteiger partial charge in [0.1, 0.15) is 0 Å². The number of aromatic nitrogens is 2. The van der Waals surface area contributed by atoms with E-state index in [0.29, 0.717) is 0 Å². The SMILES string of the molecule is CCc1nc(N(C)Cc2cscn2)sc1C=O. The number of aryl methyl sites for hydroxylation is 1. The van der Waals surface area contributed by atoms with Gasteiger partial charge in [-0.1, -0.05) is 18.3 Å². The van der Waals surface area contributed by atoms with Crippen molar-refractivity contribution < 1.29 is 4.79 Å². The van der Waals surface area contributed by atoms with Crippen molar-refractivity contribution in [3.05, 3.63) is 27.2 Å². The van der Waals surface area contributed by atoms with E-state index in [1.807, 2.05) is 29.8 Å². The lowest BCUT2D eigenvalue weighted by Gasteiger charge is -2.13. The molecule has 0 aliphatic rings. The van der Waals surface area contributed by atoms with E-state index < -0.39 is 0 Å². The predicted molar refractivity (Wildman–Crippen MR) is 71.1 cm³/mol. The van der Waals surface area contributed by atoms with Crippen molar-refractivity contribution >= 4 is 34.1 Å². The molecule has 6 heteroatoms. The summed E-state index contributed by atoms with van der Waals surface area (Å²) in [5.74, 6) is 0. The van der Waals surface area contributed by atoms with Gasteiger partial charge in [-0.2, -0.15) is 0 Å². The average molecular weight is 267 g/mol. The van der Waals surface area contributed by atoms with Crippen molar-refractivity contribution in [1.29, 1.82) is 0 Å². The second kappa shape index (κ2) is 5.37. The van der Waals surface area contributed by atoms with Crippen LogP contribution in [0.2, 0.25) is 0 Å². The lowest BCUT2D eigenvalue weighted by Crippen LogP contribution is -2.16. The molecule has 0 aliphatic heterocycles. The van der Waals surface area contributed by atoms with Crippen LogP contribution in [0, 0.1) is 0 Å². The van der Waals surface area contributed by atoms with Gasteiger partial charge in [0.25, 0.3) is 0 Å². The van der Waals surface area contributed by atoms with Gasteiger partial charge >= 0.3 is 0 Å². The summed E-state index contributed by atoms with van der Waals surface area (Å²) in [5, 5.41) is 2.89. The molecule has 0 aliphatic carbocycles. The Balaban J connectivity index is 2.16. The first-order valence-corrected chi connectivity index (χ1v) is 7.03. The summed E-state index contributed by atoms with van der Waals surface area (Å²) in [6.45, 7) is 2.73. The molecule has 4 nitrogen and oxygen atoms in total. The van der Waals surface area contributed by atoms with Crippen LogP contribution in [-0.2, 0) is 13.0 Å². The highest BCUT2D eigenvalue weighted by atomic mass is 32.1. The largest absolute Gasteiger partial charge is 0.345 e. The van der Waals surface area contributed by atoms with Crippen LogP contribution in [0.3, 0.4) is 0 Å². The van der Waals surface area contributed by atoms with Gasteiger partial charge in [-0.3, -0.25) is 4.79 Å². The Labute approximate surface area is 108 Å². The first-order chi connectivity index (χ1) is 8.24. The fraction of sp³-hybridized carbons (Fsp3) is 0.364. The second-order valence-corrected chi connectivity index (χ2v) is 5.34. The summed E-state index contributed by atoms with van der Waals surface area (Å²) in [7, 11) is 1.96. The molecule has 0 bridgehead atoms. The van der Waals surface area contributed by atoms with E-state index in [0.717, 1.165) is 40.6 Å². The number of rotatable bonds is 5. The molecular formula is C11H13N3OS2. The number of nitrogens with zero attached hydrogens (tertiary/aromatic N) is 3. The summed E-state index contributed by atoms with van der Waals surface area (Å²) >= 11 is 3.02. The number of aldehydes is 1. The van der Waals surface area contributed by atoms with Crippen LogP contribution in [0.25, 0.3) is 0 Å². The Morgan fingerprint density at radius 2 is 2.35 bits per heavy atom. The number of hydrogen-bond acceptors (Lipinski definition) is 6. The van der Waals surface area contributed by atoms with E-state index in [1.54, 1.807) is 11.3 Å². The van der Waals surface area contributed by atoms with Crippen LogP contribution < -0.4 is 4.90 Å². The molecule has 90 valence electrons. The predicted octanol–water partition coefficient (Wildman–Crippen LogP) is 2.61. The highest BCUT2D eigenvalue weighted by Gasteiger charge is 2.12. The Morgan fingerprint density at radius 3 is 2.88 bits per heavy atom. The molecule has 2 heterocycles. The number of thiazole rings is 2. The molecule has 0 saturated carbocycles. The maximum Gasteiger partial charge on any atom is 0.186 e. The lowest BCUT2D eigenvalue weighted by molar-refractivity contribution is 0.112. The van der Waals surface area contributed by atoms with Crippen LogP contribution in [0.4, 0.5) is 5.13 Å². The molecule has 2 aromatic rings. The fourth-order valence-electron chi connectivity index (χ4n) is 1.49. The van der Waals surface area contributed by atoms with Gasteiger partial charge < -0.3 is 4.90 Å². The summed E-state index contributed by atoms with van der Waals surface area (Å²) in [5.41, 5.74) is 3.72. The first-order valence-electron chi connectivity index (χ1n) is 5.27. The third-order valence-electron chi connectivity index (χ3n) is 2.37. The first kappa shape index (κ1) is 12.2. The minimum Gasteiger partial charge on any atom is -0.345 e. The quantitative estimate of drug-likeness (QED) is 0.781. The van der Waals surface area contributed by atoms with Crippen molar-refractivity contribution in [2.24, 2.45) is 0 Å². The number of anilines is 1. The Morgan fingerprint density at radius 1 is 1.53 bits per heavy atom. The molecule has 0 spiro atoms. The van der Waals surface area contributed by atoms with Gasteiger partial charge in [-0.15, -0.1) is 11.3 Å². The maximum atomic E-state index is 10.9. The fourth-order valence-corrected chi connectivity index (χ4v) is 2.96. The number of hydrogen-bond donors (Lipinski definition) is 0. The molecule has 17 heavy (non-hydrogen) atoms. The Bertz CT molecular complexity index is 493. The van der Waals surface area contributed by atoms with Crippen LogP contribution in [0.5, 0.6) is 0 Å². The topological polar surface area (TPSA) is 46.1 Å². The molecule has 0 radical (unpaired) electrons. The Hall–Kier alpha value is -1.27. The van der Waals surface area contributed by atoms with Crippen LogP contribution in [0.1, 0.15) is 28.0 Å². The van der Waals surface area contributed by atoms with Gasteiger partial charge in [0, 0.05) is 12.4 Å². The summed E-state index contributed by atoms with van der Waals surface area (Å²) < 4.78 is 0. The van der Waals surface area contributed by atoms with E-state index >= 15 is 0 Å². The van der Waals surface area contributed by atoms with Gasteiger partial charge in [0.15, 0.2) is 11.4 Å². The summed E-state index contributed by atoms with van der Waals surface area (Å²) in [6, 6.07) is 0. The monoisotopic (exact) mass is 267 g/mol. The zero-order valence-corrected chi connectivity index (χ0v) is 11.3. The van der Waals surface area contributed by atoms with E-state index in [1.165, 1.54) is 11.3 Å². The molecule has 0 aromatic carbocycles. The number of carbonyl (C=O) groups excluding carboxylic acids is 1. The van der Waals surface area contributed by atoms with E-state index in [4.69, 9.17) is 0 Å².